The molecule has 0 fully saturated rings. The summed E-state index contributed by atoms with van der Waals surface area (Å²) in [6, 6.07) is 23.3. The number of hydrogen-bond donors (Lipinski definition) is 1. The van der Waals surface area contributed by atoms with Crippen LogP contribution in [-0.4, -0.2) is 28.2 Å². The molecule has 2 aromatic carbocycles. The van der Waals surface area contributed by atoms with Gasteiger partial charge >= 0.3 is 0 Å². The molecule has 1 N–H and O–H groups in total. The standard InChI is InChI=1S/C22H19N3O2S/c1-27-17-10-12-18(13-11-17)28-15-20(26)24-22-21(16-7-3-2-4-8-16)23-19-9-5-6-14-25(19)22/h2-14H,15H2,1H3,(H,24,26). The number of anilines is 1. The van der Waals surface area contributed by atoms with Crippen molar-refractivity contribution in [3.05, 3.63) is 79.0 Å². The van der Waals surface area contributed by atoms with Crippen LogP contribution in [0.3, 0.4) is 0 Å². The van der Waals surface area contributed by atoms with E-state index in [9.17, 15) is 4.79 Å². The average Bonchev–Trinajstić information content (AvgIpc) is 3.12. The largest absolute Gasteiger partial charge is 0.497 e. The fourth-order valence-electron chi connectivity index (χ4n) is 2.90. The maximum Gasteiger partial charge on any atom is 0.235 e. The van der Waals surface area contributed by atoms with E-state index in [4.69, 9.17) is 9.72 Å². The van der Waals surface area contributed by atoms with E-state index in [0.717, 1.165) is 27.5 Å². The van der Waals surface area contributed by atoms with Crippen LogP contribution in [0.25, 0.3) is 16.9 Å². The maximum atomic E-state index is 12.6. The average molecular weight is 389 g/mol. The highest BCUT2D eigenvalue weighted by molar-refractivity contribution is 8.00. The zero-order chi connectivity index (χ0) is 19.3. The number of rotatable bonds is 6. The minimum Gasteiger partial charge on any atom is -0.497 e. The number of aromatic nitrogens is 2. The van der Waals surface area contributed by atoms with Crippen LogP contribution in [0.2, 0.25) is 0 Å². The number of fused-ring (bicyclic) bond motifs is 1. The normalized spacial score (nSPS) is 10.8. The molecule has 28 heavy (non-hydrogen) atoms. The van der Waals surface area contributed by atoms with E-state index in [0.29, 0.717) is 11.6 Å². The van der Waals surface area contributed by atoms with Crippen LogP contribution in [0.4, 0.5) is 5.82 Å². The number of carbonyl (C=O) groups is 1. The SMILES string of the molecule is COc1ccc(SCC(=O)Nc2c(-c3ccccc3)nc3ccccn23)cc1. The molecule has 6 heteroatoms. The molecule has 0 unspecified atom stereocenters. The fourth-order valence-corrected chi connectivity index (χ4v) is 3.60. The Hall–Kier alpha value is -3.25. The first-order valence-electron chi connectivity index (χ1n) is 8.84. The van der Waals surface area contributed by atoms with Crippen LogP contribution in [0.15, 0.2) is 83.9 Å². The predicted molar refractivity (Wildman–Crippen MR) is 113 cm³/mol. The summed E-state index contributed by atoms with van der Waals surface area (Å²) in [5, 5.41) is 3.04. The maximum absolute atomic E-state index is 12.6. The van der Waals surface area contributed by atoms with Gasteiger partial charge in [0, 0.05) is 16.7 Å². The second kappa shape index (κ2) is 8.19. The molecule has 0 aliphatic carbocycles. The summed E-state index contributed by atoms with van der Waals surface area (Å²) in [4.78, 5) is 18.3. The van der Waals surface area contributed by atoms with Crippen LogP contribution in [0, 0.1) is 0 Å². The fraction of sp³-hybridized carbons (Fsp3) is 0.0909. The number of methoxy groups -OCH3 is 1. The van der Waals surface area contributed by atoms with E-state index in [1.807, 2.05) is 83.4 Å². The number of imidazole rings is 1. The number of hydrogen-bond acceptors (Lipinski definition) is 4. The molecule has 0 saturated carbocycles. The number of pyridine rings is 1. The van der Waals surface area contributed by atoms with Gasteiger partial charge in [-0.1, -0.05) is 36.4 Å². The molecule has 140 valence electrons. The second-order valence-electron chi connectivity index (χ2n) is 6.12. The monoisotopic (exact) mass is 389 g/mol. The van der Waals surface area contributed by atoms with Gasteiger partial charge in [-0.05, 0) is 36.4 Å². The zero-order valence-electron chi connectivity index (χ0n) is 15.3. The number of carbonyl (C=O) groups excluding carboxylic acids is 1. The predicted octanol–water partition coefficient (Wildman–Crippen LogP) is 4.74. The smallest absolute Gasteiger partial charge is 0.235 e. The van der Waals surface area contributed by atoms with Crippen molar-refractivity contribution < 1.29 is 9.53 Å². The minimum atomic E-state index is -0.0800. The molecule has 2 aromatic heterocycles. The number of thioether (sulfide) groups is 1. The van der Waals surface area contributed by atoms with Crippen molar-refractivity contribution in [3.63, 3.8) is 0 Å². The van der Waals surface area contributed by atoms with E-state index < -0.39 is 0 Å². The van der Waals surface area contributed by atoms with Gasteiger partial charge in [-0.3, -0.25) is 9.20 Å². The molecular formula is C22H19N3O2S. The van der Waals surface area contributed by atoms with E-state index in [1.165, 1.54) is 11.8 Å². The summed E-state index contributed by atoms with van der Waals surface area (Å²) in [7, 11) is 1.63. The van der Waals surface area contributed by atoms with Gasteiger partial charge in [0.25, 0.3) is 0 Å². The van der Waals surface area contributed by atoms with E-state index in [1.54, 1.807) is 7.11 Å². The molecule has 0 saturated heterocycles. The molecule has 0 spiro atoms. The Morgan fingerprint density at radius 3 is 2.54 bits per heavy atom. The number of ether oxygens (including phenoxy) is 1. The van der Waals surface area contributed by atoms with Crippen LogP contribution in [-0.2, 0) is 4.79 Å². The van der Waals surface area contributed by atoms with Crippen LogP contribution < -0.4 is 10.1 Å². The number of nitrogens with zero attached hydrogens (tertiary/aromatic N) is 2. The number of nitrogens with one attached hydrogen (secondary N) is 1. The highest BCUT2D eigenvalue weighted by Gasteiger charge is 2.16. The summed E-state index contributed by atoms with van der Waals surface area (Å²) in [6.45, 7) is 0. The van der Waals surface area contributed by atoms with Gasteiger partial charge in [-0.15, -0.1) is 11.8 Å². The first kappa shape index (κ1) is 18.1. The third kappa shape index (κ3) is 3.87. The van der Waals surface area contributed by atoms with Crippen LogP contribution in [0.5, 0.6) is 5.75 Å². The van der Waals surface area contributed by atoms with E-state index >= 15 is 0 Å². The lowest BCUT2D eigenvalue weighted by molar-refractivity contribution is -0.113. The molecule has 0 atom stereocenters. The van der Waals surface area contributed by atoms with Gasteiger partial charge in [-0.2, -0.15) is 0 Å². The Balaban J connectivity index is 1.55. The van der Waals surface area contributed by atoms with Gasteiger partial charge in [0.15, 0.2) is 0 Å². The van der Waals surface area contributed by atoms with E-state index in [-0.39, 0.29) is 5.91 Å². The second-order valence-corrected chi connectivity index (χ2v) is 7.17. The molecule has 0 aliphatic rings. The van der Waals surface area contributed by atoms with Gasteiger partial charge < -0.3 is 10.1 Å². The summed E-state index contributed by atoms with van der Waals surface area (Å²) in [6.07, 6.45) is 1.90. The van der Waals surface area contributed by atoms with Gasteiger partial charge in [0.05, 0.1) is 12.9 Å². The summed E-state index contributed by atoms with van der Waals surface area (Å²) < 4.78 is 7.06. The lowest BCUT2D eigenvalue weighted by Gasteiger charge is -2.08. The van der Waals surface area contributed by atoms with Crippen molar-refractivity contribution in [2.24, 2.45) is 0 Å². The number of amides is 1. The number of benzene rings is 2. The van der Waals surface area contributed by atoms with Gasteiger partial charge in [0.1, 0.15) is 22.9 Å². The summed E-state index contributed by atoms with van der Waals surface area (Å²) >= 11 is 1.48. The van der Waals surface area contributed by atoms with Crippen molar-refractivity contribution in [2.75, 3.05) is 18.2 Å². The Labute approximate surface area is 167 Å². The van der Waals surface area contributed by atoms with Crippen molar-refractivity contribution >= 4 is 29.1 Å². The first-order chi connectivity index (χ1) is 13.7. The molecule has 4 aromatic rings. The Morgan fingerprint density at radius 2 is 1.79 bits per heavy atom. The molecular weight excluding hydrogens is 370 g/mol. The third-order valence-corrected chi connectivity index (χ3v) is 5.28. The minimum absolute atomic E-state index is 0.0800. The van der Waals surface area contributed by atoms with E-state index in [2.05, 4.69) is 5.32 Å². The summed E-state index contributed by atoms with van der Waals surface area (Å²) in [5.74, 6) is 1.71. The molecule has 1 amide bonds. The van der Waals surface area contributed by atoms with Crippen LogP contribution >= 0.6 is 11.8 Å². The Bertz CT molecular complexity index is 1090. The first-order valence-corrected chi connectivity index (χ1v) is 9.82. The molecule has 0 bridgehead atoms. The quantitative estimate of drug-likeness (QED) is 0.484. The molecule has 4 rings (SSSR count). The van der Waals surface area contributed by atoms with Crippen molar-refractivity contribution in [2.45, 2.75) is 4.90 Å². The molecule has 2 heterocycles. The van der Waals surface area contributed by atoms with Gasteiger partial charge in [-0.25, -0.2) is 4.98 Å². The Morgan fingerprint density at radius 1 is 1.04 bits per heavy atom. The van der Waals surface area contributed by atoms with Crippen molar-refractivity contribution in [1.29, 1.82) is 0 Å². The lowest BCUT2D eigenvalue weighted by Crippen LogP contribution is -2.16. The zero-order valence-corrected chi connectivity index (χ0v) is 16.1. The third-order valence-electron chi connectivity index (χ3n) is 4.26. The van der Waals surface area contributed by atoms with Crippen molar-refractivity contribution in [3.8, 4) is 17.0 Å². The Kier molecular flexibility index (Phi) is 5.30. The van der Waals surface area contributed by atoms with Crippen LogP contribution in [0.1, 0.15) is 0 Å². The highest BCUT2D eigenvalue weighted by Crippen LogP contribution is 2.29. The molecule has 0 radical (unpaired) electrons. The molecule has 5 nitrogen and oxygen atoms in total. The summed E-state index contributed by atoms with van der Waals surface area (Å²) in [5.41, 5.74) is 2.51. The molecule has 0 aliphatic heterocycles. The van der Waals surface area contributed by atoms with Gasteiger partial charge in [0.2, 0.25) is 5.91 Å². The lowest BCUT2D eigenvalue weighted by atomic mass is 10.1. The topological polar surface area (TPSA) is 55.6 Å². The van der Waals surface area contributed by atoms with Crippen molar-refractivity contribution in [1.82, 2.24) is 9.38 Å². The highest BCUT2D eigenvalue weighted by atomic mass is 32.2.